The first-order chi connectivity index (χ1) is 17.0. The predicted octanol–water partition coefficient (Wildman–Crippen LogP) is 6.30. The number of aromatic nitrogens is 1. The Morgan fingerprint density at radius 1 is 0.972 bits per heavy atom. The van der Waals surface area contributed by atoms with Gasteiger partial charge in [0.25, 0.3) is 5.91 Å². The van der Waals surface area contributed by atoms with Gasteiger partial charge in [0.1, 0.15) is 0 Å². The van der Waals surface area contributed by atoms with Crippen LogP contribution in [0.25, 0.3) is 11.8 Å². The average molecular weight is 495 g/mol. The largest absolute Gasteiger partial charge is 0.465 e. The molecule has 1 aromatic heterocycles. The summed E-state index contributed by atoms with van der Waals surface area (Å²) in [6.07, 6.45) is -2.99. The highest BCUT2D eigenvalue weighted by Gasteiger charge is 2.38. The molecule has 0 bridgehead atoms. The molecule has 0 spiro atoms. The van der Waals surface area contributed by atoms with Gasteiger partial charge in [-0.05, 0) is 69.7 Å². The summed E-state index contributed by atoms with van der Waals surface area (Å²) in [7, 11) is 1.24. The number of ether oxygens (including phenoxy) is 1. The van der Waals surface area contributed by atoms with Crippen LogP contribution in [0.15, 0.2) is 71.4 Å². The van der Waals surface area contributed by atoms with Crippen molar-refractivity contribution in [2.24, 2.45) is 0 Å². The summed E-state index contributed by atoms with van der Waals surface area (Å²) in [4.78, 5) is 27.7. The van der Waals surface area contributed by atoms with Crippen molar-refractivity contribution >= 4 is 23.6 Å². The zero-order chi connectivity index (χ0) is 26.4. The smallest absolute Gasteiger partial charge is 0.418 e. The summed E-state index contributed by atoms with van der Waals surface area (Å²) in [6.45, 7) is 6.96. The minimum Gasteiger partial charge on any atom is -0.465 e. The maximum absolute atomic E-state index is 13.7. The van der Waals surface area contributed by atoms with Gasteiger partial charge in [0, 0.05) is 22.8 Å². The quantitative estimate of drug-likeness (QED) is 0.316. The second-order valence-electron chi connectivity index (χ2n) is 8.66. The van der Waals surface area contributed by atoms with E-state index in [1.807, 2.05) is 19.1 Å². The normalized spacial score (nSPS) is 15.3. The molecule has 8 heteroatoms. The van der Waals surface area contributed by atoms with Crippen molar-refractivity contribution in [3.05, 3.63) is 99.5 Å². The fourth-order valence-corrected chi connectivity index (χ4v) is 4.55. The summed E-state index contributed by atoms with van der Waals surface area (Å²) < 4.78 is 47.6. The number of methoxy groups -OCH3 is 1. The van der Waals surface area contributed by atoms with Crippen LogP contribution in [0.2, 0.25) is 0 Å². The fourth-order valence-electron chi connectivity index (χ4n) is 4.55. The van der Waals surface area contributed by atoms with E-state index in [0.29, 0.717) is 28.3 Å². The standard InChI is InChI=1S/C28H25F3N2O3/c1-16-10-12-21(13-11-16)33-19(4)25(27(35)36-5)22(26(33)34)15-20-14-17(2)32(18(20)3)24-9-7-6-8-23(24)28(29,30)31/h6-15H,1-5H3/b22-15-. The molecule has 0 atom stereocenters. The molecule has 2 aromatic carbocycles. The molecular formula is C28H25F3N2O3. The molecule has 5 nitrogen and oxygen atoms in total. The van der Waals surface area contributed by atoms with Gasteiger partial charge in [0.15, 0.2) is 0 Å². The van der Waals surface area contributed by atoms with Crippen LogP contribution in [0.5, 0.6) is 0 Å². The Bertz CT molecular complexity index is 1430. The Morgan fingerprint density at radius 2 is 1.61 bits per heavy atom. The molecule has 0 N–H and O–H groups in total. The third-order valence-electron chi connectivity index (χ3n) is 6.30. The number of anilines is 1. The van der Waals surface area contributed by atoms with E-state index in [-0.39, 0.29) is 16.8 Å². The second kappa shape index (κ2) is 9.18. The lowest BCUT2D eigenvalue weighted by Crippen LogP contribution is -2.24. The van der Waals surface area contributed by atoms with Crippen molar-refractivity contribution in [1.29, 1.82) is 0 Å². The van der Waals surface area contributed by atoms with Crippen molar-refractivity contribution in [3.63, 3.8) is 0 Å². The molecule has 0 saturated heterocycles. The number of aryl methyl sites for hydroxylation is 2. The number of amides is 1. The first-order valence-corrected chi connectivity index (χ1v) is 11.2. The van der Waals surface area contributed by atoms with Gasteiger partial charge in [-0.2, -0.15) is 13.2 Å². The molecule has 1 aliphatic heterocycles. The number of carbonyl (C=O) groups is 2. The Morgan fingerprint density at radius 3 is 2.22 bits per heavy atom. The van der Waals surface area contributed by atoms with Crippen molar-refractivity contribution < 1.29 is 27.5 Å². The van der Waals surface area contributed by atoms with Crippen molar-refractivity contribution in [2.75, 3.05) is 12.0 Å². The van der Waals surface area contributed by atoms with Crippen LogP contribution in [0.4, 0.5) is 18.9 Å². The average Bonchev–Trinajstić information content (AvgIpc) is 3.24. The summed E-state index contributed by atoms with van der Waals surface area (Å²) in [5.41, 5.74) is 3.05. The van der Waals surface area contributed by atoms with Gasteiger partial charge >= 0.3 is 12.1 Å². The number of para-hydroxylation sites is 1. The summed E-state index contributed by atoms with van der Waals surface area (Å²) >= 11 is 0. The van der Waals surface area contributed by atoms with E-state index in [2.05, 4.69) is 0 Å². The third-order valence-corrected chi connectivity index (χ3v) is 6.30. The lowest BCUT2D eigenvalue weighted by molar-refractivity contribution is -0.137. The topological polar surface area (TPSA) is 51.5 Å². The molecule has 0 radical (unpaired) electrons. The van der Waals surface area contributed by atoms with Gasteiger partial charge in [0.05, 0.1) is 29.5 Å². The van der Waals surface area contributed by atoms with Crippen LogP contribution >= 0.6 is 0 Å². The molecule has 36 heavy (non-hydrogen) atoms. The highest BCUT2D eigenvalue weighted by atomic mass is 19.4. The minimum absolute atomic E-state index is 0.0106. The number of halogens is 3. The molecule has 2 heterocycles. The highest BCUT2D eigenvalue weighted by Crippen LogP contribution is 2.38. The van der Waals surface area contributed by atoms with E-state index in [4.69, 9.17) is 4.74 Å². The molecular weight excluding hydrogens is 469 g/mol. The van der Waals surface area contributed by atoms with Crippen molar-refractivity contribution in [3.8, 4) is 5.69 Å². The van der Waals surface area contributed by atoms with Crippen LogP contribution in [-0.2, 0) is 20.5 Å². The zero-order valence-electron chi connectivity index (χ0n) is 20.5. The zero-order valence-corrected chi connectivity index (χ0v) is 20.5. The minimum atomic E-state index is -4.54. The lowest BCUT2D eigenvalue weighted by Gasteiger charge is -2.18. The van der Waals surface area contributed by atoms with Crippen LogP contribution < -0.4 is 4.90 Å². The maximum Gasteiger partial charge on any atom is 0.418 e. The number of benzene rings is 2. The SMILES string of the molecule is COC(=O)C1=C(C)N(c2ccc(C)cc2)C(=O)/C1=C\c1cc(C)n(-c2ccccc2C(F)(F)F)c1C. The number of carbonyl (C=O) groups excluding carboxylic acids is 2. The molecule has 186 valence electrons. The van der Waals surface area contributed by atoms with Crippen LogP contribution in [0, 0.1) is 20.8 Å². The predicted molar refractivity (Wildman–Crippen MR) is 132 cm³/mol. The van der Waals surface area contributed by atoms with E-state index in [0.717, 1.165) is 11.6 Å². The van der Waals surface area contributed by atoms with E-state index in [9.17, 15) is 22.8 Å². The summed E-state index contributed by atoms with van der Waals surface area (Å²) in [5, 5.41) is 0. The molecule has 1 aliphatic rings. The Balaban J connectivity index is 1.87. The summed E-state index contributed by atoms with van der Waals surface area (Å²) in [6, 6.07) is 14.3. The van der Waals surface area contributed by atoms with Gasteiger partial charge < -0.3 is 9.30 Å². The Hall–Kier alpha value is -4.07. The Labute approximate surface area is 207 Å². The highest BCUT2D eigenvalue weighted by molar-refractivity contribution is 6.23. The van der Waals surface area contributed by atoms with E-state index in [1.165, 1.54) is 28.7 Å². The lowest BCUT2D eigenvalue weighted by atomic mass is 10.0. The van der Waals surface area contributed by atoms with Gasteiger partial charge in [-0.25, -0.2) is 4.79 Å². The number of allylic oxidation sites excluding steroid dienone is 1. The van der Waals surface area contributed by atoms with E-state index in [1.54, 1.807) is 51.1 Å². The number of esters is 1. The fraction of sp³-hybridized carbons (Fsp3) is 0.214. The van der Waals surface area contributed by atoms with Gasteiger partial charge in [-0.15, -0.1) is 0 Å². The molecule has 0 aliphatic carbocycles. The van der Waals surface area contributed by atoms with Gasteiger partial charge in [0.2, 0.25) is 0 Å². The monoisotopic (exact) mass is 494 g/mol. The number of nitrogens with zero attached hydrogens (tertiary/aromatic N) is 2. The number of hydrogen-bond donors (Lipinski definition) is 0. The van der Waals surface area contributed by atoms with Crippen LogP contribution in [0.1, 0.15) is 35.0 Å². The number of alkyl halides is 3. The summed E-state index contributed by atoms with van der Waals surface area (Å²) in [5.74, 6) is -1.09. The number of hydrogen-bond acceptors (Lipinski definition) is 3. The maximum atomic E-state index is 13.7. The molecule has 4 rings (SSSR count). The second-order valence-corrected chi connectivity index (χ2v) is 8.66. The van der Waals surface area contributed by atoms with Gasteiger partial charge in [-0.3, -0.25) is 9.69 Å². The van der Waals surface area contributed by atoms with E-state index < -0.39 is 23.6 Å². The molecule has 1 amide bonds. The van der Waals surface area contributed by atoms with Gasteiger partial charge in [-0.1, -0.05) is 29.8 Å². The molecule has 3 aromatic rings. The number of rotatable bonds is 4. The first kappa shape index (κ1) is 25.0. The molecule has 0 unspecified atom stereocenters. The first-order valence-electron chi connectivity index (χ1n) is 11.2. The van der Waals surface area contributed by atoms with Crippen LogP contribution in [0.3, 0.4) is 0 Å². The van der Waals surface area contributed by atoms with E-state index >= 15 is 0 Å². The molecule has 0 saturated carbocycles. The van der Waals surface area contributed by atoms with Crippen LogP contribution in [-0.4, -0.2) is 23.6 Å². The third kappa shape index (κ3) is 4.23. The Kier molecular flexibility index (Phi) is 6.39. The molecule has 0 fully saturated rings. The van der Waals surface area contributed by atoms with Crippen molar-refractivity contribution in [2.45, 2.75) is 33.9 Å². The van der Waals surface area contributed by atoms with Crippen molar-refractivity contribution in [1.82, 2.24) is 4.57 Å².